The van der Waals surface area contributed by atoms with E-state index in [1.807, 2.05) is 25.7 Å². The summed E-state index contributed by atoms with van der Waals surface area (Å²) < 4.78 is 11.0. The smallest absolute Gasteiger partial charge is 0.232 e. The predicted octanol–water partition coefficient (Wildman–Crippen LogP) is 0.517. The lowest BCUT2D eigenvalue weighted by atomic mass is 10.1. The number of nitrogen functional groups attached to an aromatic ring is 1. The van der Waals surface area contributed by atoms with Gasteiger partial charge in [-0.15, -0.1) is 0 Å². The lowest BCUT2D eigenvalue weighted by Crippen LogP contribution is -2.38. The van der Waals surface area contributed by atoms with E-state index < -0.39 is 0 Å². The van der Waals surface area contributed by atoms with Gasteiger partial charge in [0.2, 0.25) is 17.8 Å². The predicted molar refractivity (Wildman–Crippen MR) is 81.5 cm³/mol. The molecule has 21 heavy (non-hydrogen) atoms. The number of aromatic nitrogens is 3. The molecule has 8 nitrogen and oxygen atoms in total. The molecule has 1 saturated heterocycles. The van der Waals surface area contributed by atoms with E-state index in [1.165, 1.54) is 0 Å². The molecule has 0 aliphatic carbocycles. The Bertz CT molecular complexity index is 462. The summed E-state index contributed by atoms with van der Waals surface area (Å²) in [5.41, 5.74) is 5.48. The zero-order valence-electron chi connectivity index (χ0n) is 12.9. The summed E-state index contributed by atoms with van der Waals surface area (Å²) >= 11 is 0. The van der Waals surface area contributed by atoms with E-state index >= 15 is 0 Å². The molecule has 0 saturated carbocycles. The van der Waals surface area contributed by atoms with Crippen LogP contribution in [0.5, 0.6) is 0 Å². The van der Waals surface area contributed by atoms with Gasteiger partial charge < -0.3 is 25.4 Å². The number of rotatable bonds is 6. The molecule has 1 fully saturated rings. The Kier molecular flexibility index (Phi) is 5.13. The van der Waals surface area contributed by atoms with Gasteiger partial charge in [-0.05, 0) is 20.8 Å². The van der Waals surface area contributed by atoms with Crippen LogP contribution in [0.3, 0.4) is 0 Å². The fraction of sp³-hybridized carbons (Fsp3) is 0.769. The monoisotopic (exact) mass is 296 g/mol. The van der Waals surface area contributed by atoms with E-state index in [9.17, 15) is 0 Å². The van der Waals surface area contributed by atoms with E-state index in [-0.39, 0.29) is 11.5 Å². The zero-order valence-corrected chi connectivity index (χ0v) is 12.9. The fourth-order valence-electron chi connectivity index (χ4n) is 2.10. The van der Waals surface area contributed by atoms with Gasteiger partial charge in [0.1, 0.15) is 0 Å². The van der Waals surface area contributed by atoms with Crippen molar-refractivity contribution in [2.45, 2.75) is 26.4 Å². The van der Waals surface area contributed by atoms with Crippen LogP contribution in [-0.4, -0.2) is 60.0 Å². The van der Waals surface area contributed by atoms with Gasteiger partial charge in [0.25, 0.3) is 0 Å². The van der Waals surface area contributed by atoms with Crippen molar-refractivity contribution in [3.05, 3.63) is 0 Å². The Morgan fingerprint density at radius 1 is 1.29 bits per heavy atom. The van der Waals surface area contributed by atoms with Crippen LogP contribution in [0, 0.1) is 0 Å². The first-order valence-corrected chi connectivity index (χ1v) is 7.22. The van der Waals surface area contributed by atoms with Crippen LogP contribution in [0.15, 0.2) is 0 Å². The minimum absolute atomic E-state index is 0.211. The van der Waals surface area contributed by atoms with Crippen molar-refractivity contribution in [3.8, 4) is 0 Å². The van der Waals surface area contributed by atoms with Crippen LogP contribution in [0.2, 0.25) is 0 Å². The highest BCUT2D eigenvalue weighted by Crippen LogP contribution is 2.15. The van der Waals surface area contributed by atoms with E-state index in [0.717, 1.165) is 13.1 Å². The van der Waals surface area contributed by atoms with Gasteiger partial charge >= 0.3 is 0 Å². The maximum absolute atomic E-state index is 5.77. The number of nitrogens with two attached hydrogens (primary N) is 1. The van der Waals surface area contributed by atoms with Gasteiger partial charge in [0, 0.05) is 26.2 Å². The number of ether oxygens (including phenoxy) is 2. The SMILES string of the molecule is CCOC(C)(C)CNc1nc(N)nc(N2CCOCC2)n1. The van der Waals surface area contributed by atoms with E-state index in [2.05, 4.69) is 20.3 Å². The van der Waals surface area contributed by atoms with Crippen molar-refractivity contribution >= 4 is 17.8 Å². The first kappa shape index (κ1) is 15.7. The quantitative estimate of drug-likeness (QED) is 0.784. The third-order valence-electron chi connectivity index (χ3n) is 3.14. The maximum atomic E-state index is 5.77. The Labute approximate surface area is 125 Å². The molecular weight excluding hydrogens is 272 g/mol. The number of nitrogens with zero attached hydrogens (tertiary/aromatic N) is 4. The molecular formula is C13H24N6O2. The molecule has 0 aromatic carbocycles. The number of morpholine rings is 1. The van der Waals surface area contributed by atoms with Gasteiger partial charge in [-0.3, -0.25) is 0 Å². The molecule has 8 heteroatoms. The van der Waals surface area contributed by atoms with Crippen molar-refractivity contribution in [3.63, 3.8) is 0 Å². The molecule has 0 spiro atoms. The molecule has 118 valence electrons. The summed E-state index contributed by atoms with van der Waals surface area (Å²) in [7, 11) is 0. The van der Waals surface area contributed by atoms with Gasteiger partial charge in [-0.2, -0.15) is 15.0 Å². The first-order valence-electron chi connectivity index (χ1n) is 7.22. The van der Waals surface area contributed by atoms with Crippen molar-refractivity contribution in [1.29, 1.82) is 0 Å². The molecule has 0 radical (unpaired) electrons. The summed E-state index contributed by atoms with van der Waals surface area (Å²) in [6, 6.07) is 0. The summed E-state index contributed by atoms with van der Waals surface area (Å²) in [6.07, 6.45) is 0. The van der Waals surface area contributed by atoms with Gasteiger partial charge in [-0.1, -0.05) is 0 Å². The normalized spacial score (nSPS) is 16.0. The van der Waals surface area contributed by atoms with Crippen LogP contribution < -0.4 is 16.0 Å². The second-order valence-electron chi connectivity index (χ2n) is 5.46. The van der Waals surface area contributed by atoms with Gasteiger partial charge in [-0.25, -0.2) is 0 Å². The Morgan fingerprint density at radius 3 is 2.67 bits per heavy atom. The molecule has 1 aromatic heterocycles. The molecule has 2 heterocycles. The minimum atomic E-state index is -0.296. The van der Waals surface area contributed by atoms with E-state index in [4.69, 9.17) is 15.2 Å². The second-order valence-corrected chi connectivity index (χ2v) is 5.46. The number of hydrogen-bond acceptors (Lipinski definition) is 8. The minimum Gasteiger partial charge on any atom is -0.378 e. The molecule has 0 atom stereocenters. The average molecular weight is 296 g/mol. The van der Waals surface area contributed by atoms with Crippen molar-refractivity contribution < 1.29 is 9.47 Å². The number of hydrogen-bond donors (Lipinski definition) is 2. The van der Waals surface area contributed by atoms with Crippen LogP contribution in [0.1, 0.15) is 20.8 Å². The topological polar surface area (TPSA) is 98.4 Å². The molecule has 0 unspecified atom stereocenters. The molecule has 0 amide bonds. The summed E-state index contributed by atoms with van der Waals surface area (Å²) in [6.45, 7) is 10.1. The third-order valence-corrected chi connectivity index (χ3v) is 3.14. The van der Waals surface area contributed by atoms with E-state index in [0.29, 0.717) is 38.3 Å². The maximum Gasteiger partial charge on any atom is 0.232 e. The zero-order chi connectivity index (χ0) is 15.3. The standard InChI is InChI=1S/C13H24N6O2/c1-4-21-13(2,3)9-15-11-16-10(14)17-12(18-11)19-5-7-20-8-6-19/h4-9H2,1-3H3,(H3,14,15,16,17,18). The fourth-order valence-corrected chi connectivity index (χ4v) is 2.10. The van der Waals surface area contributed by atoms with Gasteiger partial charge in [0.15, 0.2) is 0 Å². The van der Waals surface area contributed by atoms with Gasteiger partial charge in [0.05, 0.1) is 18.8 Å². The van der Waals surface area contributed by atoms with Crippen LogP contribution in [-0.2, 0) is 9.47 Å². The van der Waals surface area contributed by atoms with Crippen molar-refractivity contribution in [1.82, 2.24) is 15.0 Å². The summed E-state index contributed by atoms with van der Waals surface area (Å²) in [5.74, 6) is 1.27. The molecule has 1 aliphatic heterocycles. The molecule has 1 aromatic rings. The Hall–Kier alpha value is -1.67. The largest absolute Gasteiger partial charge is 0.378 e. The molecule has 2 rings (SSSR count). The second kappa shape index (κ2) is 6.86. The Morgan fingerprint density at radius 2 is 2.00 bits per heavy atom. The number of nitrogens with one attached hydrogen (secondary N) is 1. The highest BCUT2D eigenvalue weighted by Gasteiger charge is 2.19. The van der Waals surface area contributed by atoms with Crippen LogP contribution in [0.4, 0.5) is 17.8 Å². The molecule has 3 N–H and O–H groups in total. The summed E-state index contributed by atoms with van der Waals surface area (Å²) in [4.78, 5) is 14.8. The molecule has 0 bridgehead atoms. The highest BCUT2D eigenvalue weighted by atomic mass is 16.5. The van der Waals surface area contributed by atoms with Crippen LogP contribution >= 0.6 is 0 Å². The van der Waals surface area contributed by atoms with E-state index in [1.54, 1.807) is 0 Å². The van der Waals surface area contributed by atoms with Crippen molar-refractivity contribution in [2.75, 3.05) is 55.4 Å². The number of anilines is 3. The first-order chi connectivity index (χ1) is 10.00. The Balaban J connectivity index is 2.04. The van der Waals surface area contributed by atoms with Crippen molar-refractivity contribution in [2.24, 2.45) is 0 Å². The lowest BCUT2D eigenvalue weighted by Gasteiger charge is -2.27. The molecule has 1 aliphatic rings. The van der Waals surface area contributed by atoms with Crippen LogP contribution in [0.25, 0.3) is 0 Å². The summed E-state index contributed by atoms with van der Waals surface area (Å²) in [5, 5.41) is 3.16. The third kappa shape index (κ3) is 4.68. The highest BCUT2D eigenvalue weighted by molar-refractivity contribution is 5.42. The average Bonchev–Trinajstić information content (AvgIpc) is 2.46. The lowest BCUT2D eigenvalue weighted by molar-refractivity contribution is 0.000580.